The van der Waals surface area contributed by atoms with E-state index < -0.39 is 0 Å². The predicted molar refractivity (Wildman–Crippen MR) is 70.8 cm³/mol. The van der Waals surface area contributed by atoms with Gasteiger partial charge in [0, 0.05) is 13.1 Å². The molecule has 1 unspecified atom stereocenters. The SMILES string of the molecule is CCN(CC)C(=O)C(CCN)c1ccccc1. The van der Waals surface area contributed by atoms with E-state index in [1.165, 1.54) is 0 Å². The van der Waals surface area contributed by atoms with Crippen LogP contribution in [0.4, 0.5) is 0 Å². The van der Waals surface area contributed by atoms with E-state index in [9.17, 15) is 4.79 Å². The fraction of sp³-hybridized carbons (Fsp3) is 0.500. The maximum absolute atomic E-state index is 12.4. The Hall–Kier alpha value is -1.35. The van der Waals surface area contributed by atoms with Gasteiger partial charge in [-0.05, 0) is 32.4 Å². The smallest absolute Gasteiger partial charge is 0.230 e. The average molecular weight is 234 g/mol. The van der Waals surface area contributed by atoms with Crippen LogP contribution in [0.5, 0.6) is 0 Å². The van der Waals surface area contributed by atoms with Gasteiger partial charge in [-0.2, -0.15) is 0 Å². The summed E-state index contributed by atoms with van der Waals surface area (Å²) in [5.41, 5.74) is 6.68. The number of hydrogen-bond donors (Lipinski definition) is 1. The van der Waals surface area contributed by atoms with E-state index in [4.69, 9.17) is 5.73 Å². The van der Waals surface area contributed by atoms with Crippen molar-refractivity contribution in [2.45, 2.75) is 26.2 Å². The summed E-state index contributed by atoms with van der Waals surface area (Å²) in [6.07, 6.45) is 0.708. The van der Waals surface area contributed by atoms with Crippen LogP contribution >= 0.6 is 0 Å². The van der Waals surface area contributed by atoms with Crippen LogP contribution in [0.2, 0.25) is 0 Å². The first-order chi connectivity index (χ1) is 8.24. The van der Waals surface area contributed by atoms with Crippen molar-refractivity contribution in [2.75, 3.05) is 19.6 Å². The second-order valence-electron chi connectivity index (χ2n) is 4.05. The summed E-state index contributed by atoms with van der Waals surface area (Å²) in [7, 11) is 0. The highest BCUT2D eigenvalue weighted by Gasteiger charge is 2.23. The molecule has 1 rings (SSSR count). The van der Waals surface area contributed by atoms with Crippen LogP contribution in [-0.2, 0) is 4.79 Å². The first kappa shape index (κ1) is 13.7. The summed E-state index contributed by atoms with van der Waals surface area (Å²) in [6.45, 7) is 6.05. The van der Waals surface area contributed by atoms with Gasteiger partial charge in [-0.15, -0.1) is 0 Å². The topological polar surface area (TPSA) is 46.3 Å². The van der Waals surface area contributed by atoms with Crippen molar-refractivity contribution >= 4 is 5.91 Å². The summed E-state index contributed by atoms with van der Waals surface area (Å²) in [4.78, 5) is 14.2. The molecular formula is C14H22N2O. The van der Waals surface area contributed by atoms with Crippen LogP contribution < -0.4 is 5.73 Å². The molecule has 0 aliphatic rings. The Morgan fingerprint density at radius 1 is 1.24 bits per heavy atom. The molecule has 0 fully saturated rings. The second kappa shape index (κ2) is 7.07. The molecule has 0 bridgehead atoms. The second-order valence-corrected chi connectivity index (χ2v) is 4.05. The molecule has 2 N–H and O–H groups in total. The molecule has 0 aromatic heterocycles. The van der Waals surface area contributed by atoms with Crippen molar-refractivity contribution in [3.05, 3.63) is 35.9 Å². The quantitative estimate of drug-likeness (QED) is 0.818. The van der Waals surface area contributed by atoms with E-state index in [0.29, 0.717) is 13.0 Å². The molecule has 0 spiro atoms. The van der Waals surface area contributed by atoms with Gasteiger partial charge in [-0.1, -0.05) is 30.3 Å². The lowest BCUT2D eigenvalue weighted by atomic mass is 9.94. The standard InChI is InChI=1S/C14H22N2O/c1-3-16(4-2)14(17)13(10-11-15)12-8-6-5-7-9-12/h5-9,13H,3-4,10-11,15H2,1-2H3. The molecule has 0 aliphatic carbocycles. The molecule has 1 atom stereocenters. The fourth-order valence-electron chi connectivity index (χ4n) is 2.04. The Kier molecular flexibility index (Phi) is 5.70. The normalized spacial score (nSPS) is 12.2. The van der Waals surface area contributed by atoms with Crippen LogP contribution in [0.1, 0.15) is 31.7 Å². The highest BCUT2D eigenvalue weighted by atomic mass is 16.2. The summed E-state index contributed by atoms with van der Waals surface area (Å²) < 4.78 is 0. The fourth-order valence-corrected chi connectivity index (χ4v) is 2.04. The lowest BCUT2D eigenvalue weighted by molar-refractivity contribution is -0.132. The number of likely N-dealkylation sites (N-methyl/N-ethyl adjacent to an activating group) is 1. The van der Waals surface area contributed by atoms with Crippen LogP contribution in [0.15, 0.2) is 30.3 Å². The van der Waals surface area contributed by atoms with Crippen LogP contribution in [0, 0.1) is 0 Å². The van der Waals surface area contributed by atoms with Gasteiger partial charge in [0.2, 0.25) is 5.91 Å². The largest absolute Gasteiger partial charge is 0.343 e. The molecule has 0 saturated carbocycles. The minimum atomic E-state index is -0.0962. The molecule has 17 heavy (non-hydrogen) atoms. The number of hydrogen-bond acceptors (Lipinski definition) is 2. The van der Waals surface area contributed by atoms with Crippen molar-refractivity contribution in [1.29, 1.82) is 0 Å². The highest BCUT2D eigenvalue weighted by Crippen LogP contribution is 2.21. The van der Waals surface area contributed by atoms with Crippen LogP contribution in [-0.4, -0.2) is 30.4 Å². The molecule has 0 saturated heterocycles. The third kappa shape index (κ3) is 3.56. The van der Waals surface area contributed by atoms with Crippen molar-refractivity contribution in [2.24, 2.45) is 5.73 Å². The number of nitrogens with two attached hydrogens (primary N) is 1. The number of carbonyl (C=O) groups is 1. The number of carbonyl (C=O) groups excluding carboxylic acids is 1. The van der Waals surface area contributed by atoms with Gasteiger partial charge < -0.3 is 10.6 Å². The molecule has 94 valence electrons. The van der Waals surface area contributed by atoms with Gasteiger partial charge in [0.25, 0.3) is 0 Å². The third-order valence-corrected chi connectivity index (χ3v) is 3.03. The van der Waals surface area contributed by atoms with Gasteiger partial charge in [-0.3, -0.25) is 4.79 Å². The lowest BCUT2D eigenvalue weighted by Gasteiger charge is -2.25. The van der Waals surface area contributed by atoms with Gasteiger partial charge in [0.1, 0.15) is 0 Å². The summed E-state index contributed by atoms with van der Waals surface area (Å²) in [5, 5.41) is 0. The van der Waals surface area contributed by atoms with Gasteiger partial charge >= 0.3 is 0 Å². The highest BCUT2D eigenvalue weighted by molar-refractivity contribution is 5.83. The Balaban J connectivity index is 2.89. The number of benzene rings is 1. The van der Waals surface area contributed by atoms with E-state index in [0.717, 1.165) is 18.7 Å². The van der Waals surface area contributed by atoms with E-state index in [-0.39, 0.29) is 11.8 Å². The molecule has 3 heteroatoms. The number of nitrogens with zero attached hydrogens (tertiary/aromatic N) is 1. The Labute approximate surface area is 104 Å². The molecule has 1 amide bonds. The Bertz CT molecular complexity index is 333. The predicted octanol–water partition coefficient (Wildman–Crippen LogP) is 1.99. The molecule has 0 heterocycles. The molecule has 1 aromatic carbocycles. The summed E-state index contributed by atoms with van der Waals surface area (Å²) in [6, 6.07) is 9.90. The zero-order chi connectivity index (χ0) is 12.7. The molecule has 0 radical (unpaired) electrons. The Morgan fingerprint density at radius 2 is 1.82 bits per heavy atom. The monoisotopic (exact) mass is 234 g/mol. The van der Waals surface area contributed by atoms with E-state index >= 15 is 0 Å². The number of rotatable bonds is 6. The third-order valence-electron chi connectivity index (χ3n) is 3.03. The van der Waals surface area contributed by atoms with Gasteiger partial charge in [0.15, 0.2) is 0 Å². The first-order valence-corrected chi connectivity index (χ1v) is 6.28. The molecule has 3 nitrogen and oxygen atoms in total. The molecule has 1 aromatic rings. The van der Waals surface area contributed by atoms with Crippen LogP contribution in [0.25, 0.3) is 0 Å². The average Bonchev–Trinajstić information content (AvgIpc) is 2.38. The van der Waals surface area contributed by atoms with E-state index in [1.54, 1.807) is 0 Å². The van der Waals surface area contributed by atoms with E-state index in [2.05, 4.69) is 0 Å². The van der Waals surface area contributed by atoms with Crippen molar-refractivity contribution in [1.82, 2.24) is 4.90 Å². The van der Waals surface area contributed by atoms with Crippen molar-refractivity contribution in [3.63, 3.8) is 0 Å². The van der Waals surface area contributed by atoms with E-state index in [1.807, 2.05) is 49.1 Å². The summed E-state index contributed by atoms with van der Waals surface area (Å²) >= 11 is 0. The van der Waals surface area contributed by atoms with Gasteiger partial charge in [-0.25, -0.2) is 0 Å². The minimum absolute atomic E-state index is 0.0962. The lowest BCUT2D eigenvalue weighted by Crippen LogP contribution is -2.35. The summed E-state index contributed by atoms with van der Waals surface area (Å²) in [5.74, 6) is 0.0905. The molecule has 0 aliphatic heterocycles. The molecular weight excluding hydrogens is 212 g/mol. The van der Waals surface area contributed by atoms with Gasteiger partial charge in [0.05, 0.1) is 5.92 Å². The maximum Gasteiger partial charge on any atom is 0.230 e. The first-order valence-electron chi connectivity index (χ1n) is 6.28. The van der Waals surface area contributed by atoms with Crippen molar-refractivity contribution in [3.8, 4) is 0 Å². The number of amides is 1. The Morgan fingerprint density at radius 3 is 2.29 bits per heavy atom. The minimum Gasteiger partial charge on any atom is -0.343 e. The van der Waals surface area contributed by atoms with Crippen molar-refractivity contribution < 1.29 is 4.79 Å². The van der Waals surface area contributed by atoms with Crippen LogP contribution in [0.3, 0.4) is 0 Å². The zero-order valence-corrected chi connectivity index (χ0v) is 10.7. The maximum atomic E-state index is 12.4. The zero-order valence-electron chi connectivity index (χ0n) is 10.7.